The molecule has 120 valence electrons. The zero-order valence-electron chi connectivity index (χ0n) is 12.5. The number of hydrogen-bond acceptors (Lipinski definition) is 6. The summed E-state index contributed by atoms with van der Waals surface area (Å²) < 4.78 is 0. The maximum Gasteiger partial charge on any atom is 0.336 e. The van der Waals surface area contributed by atoms with Gasteiger partial charge < -0.3 is 10.4 Å². The maximum absolute atomic E-state index is 11.3. The van der Waals surface area contributed by atoms with Gasteiger partial charge in [0.25, 0.3) is 5.69 Å². The van der Waals surface area contributed by atoms with Crippen LogP contribution in [0.3, 0.4) is 0 Å². The summed E-state index contributed by atoms with van der Waals surface area (Å²) in [6.45, 7) is 4.96. The third kappa shape index (κ3) is 3.30. The van der Waals surface area contributed by atoms with E-state index in [9.17, 15) is 25.0 Å². The Labute approximate surface area is 126 Å². The molecule has 0 amide bonds. The van der Waals surface area contributed by atoms with Crippen molar-refractivity contribution in [3.8, 4) is 0 Å². The monoisotopic (exact) mass is 311 g/mol. The Morgan fingerprint density at radius 2 is 1.82 bits per heavy atom. The van der Waals surface area contributed by atoms with Crippen molar-refractivity contribution in [1.29, 1.82) is 0 Å². The van der Waals surface area contributed by atoms with E-state index in [1.165, 1.54) is 6.92 Å². The fourth-order valence-corrected chi connectivity index (χ4v) is 2.19. The lowest BCUT2D eigenvalue weighted by Gasteiger charge is -2.17. The maximum atomic E-state index is 11.3. The Kier molecular flexibility index (Phi) is 5.39. The first kappa shape index (κ1) is 17.3. The number of nitrogens with one attached hydrogen (secondary N) is 1. The molecule has 0 bridgehead atoms. The average Bonchev–Trinajstić information content (AvgIpc) is 2.43. The molecule has 1 aromatic rings. The van der Waals surface area contributed by atoms with Crippen LogP contribution in [0.1, 0.15) is 42.6 Å². The topological polar surface area (TPSA) is 136 Å². The molecule has 1 rings (SSSR count). The summed E-state index contributed by atoms with van der Waals surface area (Å²) >= 11 is 0. The molecule has 0 heterocycles. The van der Waals surface area contributed by atoms with Crippen molar-refractivity contribution in [2.24, 2.45) is 0 Å². The molecule has 0 unspecified atom stereocenters. The molecule has 9 nitrogen and oxygen atoms in total. The molecule has 0 saturated carbocycles. The van der Waals surface area contributed by atoms with Gasteiger partial charge in [0.05, 0.1) is 15.4 Å². The molecule has 9 heteroatoms. The number of nitro groups is 2. The van der Waals surface area contributed by atoms with Crippen molar-refractivity contribution in [3.63, 3.8) is 0 Å². The minimum Gasteiger partial charge on any atom is -0.478 e. The number of carbonyl (C=O) groups is 1. The van der Waals surface area contributed by atoms with Crippen molar-refractivity contribution in [1.82, 2.24) is 0 Å². The Bertz CT molecular complexity index is 625. The van der Waals surface area contributed by atoms with Crippen LogP contribution in [0.25, 0.3) is 0 Å². The van der Waals surface area contributed by atoms with Gasteiger partial charge in [-0.3, -0.25) is 20.2 Å². The fraction of sp³-hybridized carbons (Fsp3) is 0.462. The van der Waals surface area contributed by atoms with Gasteiger partial charge in [0, 0.05) is 17.7 Å². The number of carboxylic acid groups (broad SMARTS) is 1. The van der Waals surface area contributed by atoms with E-state index in [2.05, 4.69) is 5.32 Å². The van der Waals surface area contributed by atoms with Gasteiger partial charge in [-0.05, 0) is 19.8 Å². The quantitative estimate of drug-likeness (QED) is 0.583. The van der Waals surface area contributed by atoms with Gasteiger partial charge in [-0.25, -0.2) is 4.79 Å². The molecule has 0 radical (unpaired) electrons. The molecular formula is C13H17N3O6. The summed E-state index contributed by atoms with van der Waals surface area (Å²) in [5.41, 5.74) is -1.99. The standard InChI is InChI=1S/C13H17N3O6/c1-4-8(5-2)14-11-10(15(19)20)6-9(13(17)18)7(3)12(11)16(21)22/h6,8,14H,4-5H2,1-3H3,(H,17,18). The highest BCUT2D eigenvalue weighted by Gasteiger charge is 2.33. The largest absolute Gasteiger partial charge is 0.478 e. The Morgan fingerprint density at radius 1 is 1.27 bits per heavy atom. The Morgan fingerprint density at radius 3 is 2.18 bits per heavy atom. The zero-order chi connectivity index (χ0) is 17.0. The lowest BCUT2D eigenvalue weighted by molar-refractivity contribution is -0.392. The minimum absolute atomic E-state index is 0.114. The molecule has 2 N–H and O–H groups in total. The van der Waals surface area contributed by atoms with E-state index in [-0.39, 0.29) is 17.3 Å². The van der Waals surface area contributed by atoms with Crippen LogP contribution in [0, 0.1) is 27.2 Å². The lowest BCUT2D eigenvalue weighted by Crippen LogP contribution is -2.20. The van der Waals surface area contributed by atoms with E-state index in [0.29, 0.717) is 12.8 Å². The summed E-state index contributed by atoms with van der Waals surface area (Å²) in [7, 11) is 0. The number of hydrogen-bond donors (Lipinski definition) is 2. The SMILES string of the molecule is CCC(CC)Nc1c([N+](=O)[O-])cc(C(=O)O)c(C)c1[N+](=O)[O-]. The summed E-state index contributed by atoms with van der Waals surface area (Å²) in [5.74, 6) is -1.45. The minimum atomic E-state index is -1.45. The van der Waals surface area contributed by atoms with Gasteiger partial charge in [-0.2, -0.15) is 0 Å². The van der Waals surface area contributed by atoms with Crippen LogP contribution >= 0.6 is 0 Å². The Balaban J connectivity index is 3.70. The van der Waals surface area contributed by atoms with Gasteiger partial charge in [-0.15, -0.1) is 0 Å². The van der Waals surface area contributed by atoms with Gasteiger partial charge in [-0.1, -0.05) is 13.8 Å². The zero-order valence-corrected chi connectivity index (χ0v) is 12.5. The number of nitro benzene ring substituents is 2. The number of benzene rings is 1. The first-order valence-electron chi connectivity index (χ1n) is 6.70. The number of nitrogens with zero attached hydrogens (tertiary/aromatic N) is 2. The lowest BCUT2D eigenvalue weighted by atomic mass is 10.0. The van der Waals surface area contributed by atoms with Crippen LogP contribution in [0.2, 0.25) is 0 Å². The second-order valence-corrected chi connectivity index (χ2v) is 4.77. The third-order valence-corrected chi connectivity index (χ3v) is 3.48. The van der Waals surface area contributed by atoms with E-state index in [4.69, 9.17) is 5.11 Å². The van der Waals surface area contributed by atoms with Gasteiger partial charge in [0.1, 0.15) is 0 Å². The van der Waals surface area contributed by atoms with Crippen molar-refractivity contribution in [2.45, 2.75) is 39.7 Å². The summed E-state index contributed by atoms with van der Waals surface area (Å²) in [4.78, 5) is 32.0. The smallest absolute Gasteiger partial charge is 0.336 e. The highest BCUT2D eigenvalue weighted by atomic mass is 16.6. The van der Waals surface area contributed by atoms with E-state index < -0.39 is 32.8 Å². The van der Waals surface area contributed by atoms with Gasteiger partial charge >= 0.3 is 11.7 Å². The Hall–Kier alpha value is -2.71. The van der Waals surface area contributed by atoms with Crippen molar-refractivity contribution >= 4 is 23.0 Å². The molecule has 0 atom stereocenters. The third-order valence-electron chi connectivity index (χ3n) is 3.48. The normalized spacial score (nSPS) is 10.5. The van der Waals surface area contributed by atoms with E-state index >= 15 is 0 Å². The fourth-order valence-electron chi connectivity index (χ4n) is 2.19. The first-order valence-corrected chi connectivity index (χ1v) is 6.70. The van der Waals surface area contributed by atoms with Crippen molar-refractivity contribution < 1.29 is 19.7 Å². The van der Waals surface area contributed by atoms with Crippen LogP contribution in [0.5, 0.6) is 0 Å². The molecule has 0 fully saturated rings. The molecule has 1 aromatic carbocycles. The molecule has 0 aliphatic rings. The van der Waals surface area contributed by atoms with Crippen LogP contribution in [-0.2, 0) is 0 Å². The highest BCUT2D eigenvalue weighted by Crippen LogP contribution is 2.40. The predicted octanol–water partition coefficient (Wildman–Crippen LogP) is 3.11. The number of carboxylic acids is 1. The van der Waals surface area contributed by atoms with E-state index in [0.717, 1.165) is 6.07 Å². The van der Waals surface area contributed by atoms with Crippen molar-refractivity contribution in [2.75, 3.05) is 5.32 Å². The average molecular weight is 311 g/mol. The van der Waals surface area contributed by atoms with Crippen LogP contribution in [0.4, 0.5) is 17.1 Å². The van der Waals surface area contributed by atoms with E-state index in [1.807, 2.05) is 13.8 Å². The second kappa shape index (κ2) is 6.83. The predicted molar refractivity (Wildman–Crippen MR) is 79.4 cm³/mol. The van der Waals surface area contributed by atoms with Crippen LogP contribution < -0.4 is 5.32 Å². The van der Waals surface area contributed by atoms with Crippen LogP contribution in [0.15, 0.2) is 6.07 Å². The molecule has 0 aliphatic heterocycles. The van der Waals surface area contributed by atoms with Gasteiger partial charge in [0.2, 0.25) is 0 Å². The summed E-state index contributed by atoms with van der Waals surface area (Å²) in [6, 6.07) is 0.669. The molecule has 0 aromatic heterocycles. The summed E-state index contributed by atoms with van der Waals surface area (Å²) in [6.07, 6.45) is 1.23. The van der Waals surface area contributed by atoms with E-state index in [1.54, 1.807) is 0 Å². The first-order chi connectivity index (χ1) is 10.2. The number of rotatable bonds is 7. The second-order valence-electron chi connectivity index (χ2n) is 4.77. The van der Waals surface area contributed by atoms with Gasteiger partial charge in [0.15, 0.2) is 5.69 Å². The molecule has 0 aliphatic carbocycles. The molecule has 0 spiro atoms. The van der Waals surface area contributed by atoms with Crippen molar-refractivity contribution in [3.05, 3.63) is 37.4 Å². The number of anilines is 1. The molecular weight excluding hydrogens is 294 g/mol. The highest BCUT2D eigenvalue weighted by molar-refractivity contribution is 5.95. The molecule has 22 heavy (non-hydrogen) atoms. The summed E-state index contributed by atoms with van der Waals surface area (Å²) in [5, 5.41) is 34.4. The molecule has 0 saturated heterocycles. The van der Waals surface area contributed by atoms with Crippen LogP contribution in [-0.4, -0.2) is 27.0 Å². The number of aromatic carboxylic acids is 1.